The molecule has 0 bridgehead atoms. The van der Waals surface area contributed by atoms with E-state index in [2.05, 4.69) is 21.8 Å². The second-order valence-electron chi connectivity index (χ2n) is 7.16. The summed E-state index contributed by atoms with van der Waals surface area (Å²) in [7, 11) is 1.59. The number of nitrogens with two attached hydrogens (primary N) is 1. The third kappa shape index (κ3) is 4.94. The summed E-state index contributed by atoms with van der Waals surface area (Å²) in [5, 5.41) is 0. The molecular formula is C21H19F3N4O3. The van der Waals surface area contributed by atoms with Gasteiger partial charge in [0.15, 0.2) is 0 Å². The Morgan fingerprint density at radius 2 is 1.97 bits per heavy atom. The smallest absolute Gasteiger partial charge is 0.416 e. The topological polar surface area (TPSA) is 98.4 Å². The number of likely N-dealkylation sites (N-methyl/N-ethyl adjacent to an activating group) is 1. The predicted octanol–water partition coefficient (Wildman–Crippen LogP) is 2.91. The lowest BCUT2D eigenvalue weighted by atomic mass is 9.98. The van der Waals surface area contributed by atoms with Gasteiger partial charge in [0.2, 0.25) is 11.4 Å². The van der Waals surface area contributed by atoms with Gasteiger partial charge in [0.1, 0.15) is 0 Å². The van der Waals surface area contributed by atoms with Crippen molar-refractivity contribution in [2.75, 3.05) is 13.6 Å². The van der Waals surface area contributed by atoms with Crippen LogP contribution in [0.1, 0.15) is 29.9 Å². The standard InChI is InChI=1S/C21H19F3N4O3/c1-13-12-16(14-5-7-15(8-6-14)21(22,23)24)27-17(26-13)4-3-9-20(31-19(25)30)10-11-28(2)18(20)29/h5-8,12H,9-11H2,1-2H3,(H2,25,30). The number of benzene rings is 1. The van der Waals surface area contributed by atoms with Crippen LogP contribution in [0.2, 0.25) is 0 Å². The number of ether oxygens (including phenoxy) is 1. The van der Waals surface area contributed by atoms with Gasteiger partial charge in [0.05, 0.1) is 17.7 Å². The Balaban J connectivity index is 1.85. The van der Waals surface area contributed by atoms with Crippen LogP contribution in [0.4, 0.5) is 18.0 Å². The molecule has 1 fully saturated rings. The highest BCUT2D eigenvalue weighted by Gasteiger charge is 2.48. The lowest BCUT2D eigenvalue weighted by Gasteiger charge is -2.23. The number of hydrogen-bond donors (Lipinski definition) is 1. The van der Waals surface area contributed by atoms with Crippen LogP contribution in [0.15, 0.2) is 30.3 Å². The first-order valence-corrected chi connectivity index (χ1v) is 9.26. The van der Waals surface area contributed by atoms with Crippen molar-refractivity contribution in [1.82, 2.24) is 14.9 Å². The first-order valence-electron chi connectivity index (χ1n) is 9.26. The minimum Gasteiger partial charge on any atom is -0.432 e. The molecule has 1 atom stereocenters. The number of rotatable bonds is 3. The molecular weight excluding hydrogens is 413 g/mol. The maximum absolute atomic E-state index is 12.8. The van der Waals surface area contributed by atoms with E-state index in [1.165, 1.54) is 17.0 Å². The van der Waals surface area contributed by atoms with Crippen LogP contribution in [0.5, 0.6) is 0 Å². The number of likely N-dealkylation sites (tertiary alicyclic amines) is 1. The van der Waals surface area contributed by atoms with E-state index in [0.717, 1.165) is 12.1 Å². The van der Waals surface area contributed by atoms with E-state index in [9.17, 15) is 22.8 Å². The van der Waals surface area contributed by atoms with Crippen molar-refractivity contribution in [3.05, 3.63) is 47.4 Å². The highest BCUT2D eigenvalue weighted by molar-refractivity contribution is 5.89. The van der Waals surface area contributed by atoms with E-state index < -0.39 is 29.3 Å². The molecule has 3 rings (SSSR count). The van der Waals surface area contributed by atoms with E-state index in [4.69, 9.17) is 10.5 Å². The second kappa shape index (κ2) is 8.26. The largest absolute Gasteiger partial charge is 0.432 e. The molecule has 1 aliphatic rings. The fraction of sp³-hybridized carbons (Fsp3) is 0.333. The SMILES string of the molecule is Cc1cc(-c2ccc(C(F)(F)F)cc2)nc(C#CCC2(OC(N)=O)CCN(C)C2=O)n1. The minimum atomic E-state index is -4.43. The Kier molecular flexibility index (Phi) is 5.88. The maximum Gasteiger partial charge on any atom is 0.416 e. The first-order chi connectivity index (χ1) is 14.5. The molecule has 1 saturated heterocycles. The molecule has 2 heterocycles. The van der Waals surface area contributed by atoms with E-state index in [0.29, 0.717) is 23.5 Å². The van der Waals surface area contributed by atoms with Gasteiger partial charge in [-0.2, -0.15) is 13.2 Å². The quantitative estimate of drug-likeness (QED) is 0.752. The molecule has 2 aromatic rings. The van der Waals surface area contributed by atoms with Crippen molar-refractivity contribution in [1.29, 1.82) is 0 Å². The fourth-order valence-corrected chi connectivity index (χ4v) is 3.26. The summed E-state index contributed by atoms with van der Waals surface area (Å²) in [5.74, 6) is 5.24. The summed E-state index contributed by atoms with van der Waals surface area (Å²) in [4.78, 5) is 33.6. The number of carbonyl (C=O) groups excluding carboxylic acids is 2. The Morgan fingerprint density at radius 3 is 2.52 bits per heavy atom. The van der Waals surface area contributed by atoms with Crippen molar-refractivity contribution >= 4 is 12.0 Å². The van der Waals surface area contributed by atoms with E-state index in [1.807, 2.05) is 0 Å². The van der Waals surface area contributed by atoms with E-state index in [-0.39, 0.29) is 18.7 Å². The predicted molar refractivity (Wildman–Crippen MR) is 104 cm³/mol. The Labute approximate surface area is 176 Å². The molecule has 1 aromatic carbocycles. The molecule has 31 heavy (non-hydrogen) atoms. The molecule has 10 heteroatoms. The molecule has 2 amide bonds. The number of halogens is 3. The van der Waals surface area contributed by atoms with Gasteiger partial charge in [0.25, 0.3) is 5.91 Å². The molecule has 162 valence electrons. The number of aromatic nitrogens is 2. The van der Waals surface area contributed by atoms with Crippen LogP contribution in [0.25, 0.3) is 11.3 Å². The normalized spacial score (nSPS) is 18.5. The molecule has 1 unspecified atom stereocenters. The zero-order valence-electron chi connectivity index (χ0n) is 16.8. The number of alkyl halides is 3. The average Bonchev–Trinajstić information content (AvgIpc) is 2.95. The summed E-state index contributed by atoms with van der Waals surface area (Å²) >= 11 is 0. The van der Waals surface area contributed by atoms with Crippen LogP contribution >= 0.6 is 0 Å². The Hall–Kier alpha value is -3.61. The van der Waals surface area contributed by atoms with Crippen molar-refractivity contribution in [3.8, 4) is 23.1 Å². The van der Waals surface area contributed by atoms with Crippen LogP contribution in [-0.4, -0.2) is 46.1 Å². The second-order valence-corrected chi connectivity index (χ2v) is 7.16. The summed E-state index contributed by atoms with van der Waals surface area (Å²) in [5.41, 5.74) is 4.35. The maximum atomic E-state index is 12.8. The molecule has 2 N–H and O–H groups in total. The molecule has 0 aliphatic carbocycles. The molecule has 0 saturated carbocycles. The van der Waals surface area contributed by atoms with Gasteiger partial charge in [-0.25, -0.2) is 14.8 Å². The number of amides is 2. The van der Waals surface area contributed by atoms with Crippen LogP contribution in [-0.2, 0) is 15.7 Å². The highest BCUT2D eigenvalue weighted by Crippen LogP contribution is 2.31. The molecule has 0 radical (unpaired) electrons. The van der Waals surface area contributed by atoms with E-state index >= 15 is 0 Å². The van der Waals surface area contributed by atoms with Crippen LogP contribution in [0.3, 0.4) is 0 Å². The summed E-state index contributed by atoms with van der Waals surface area (Å²) in [6.45, 7) is 2.10. The van der Waals surface area contributed by atoms with Crippen molar-refractivity contribution in [3.63, 3.8) is 0 Å². The summed E-state index contributed by atoms with van der Waals surface area (Å²) in [6, 6.07) is 6.23. The lowest BCUT2D eigenvalue weighted by molar-refractivity contribution is -0.141. The fourth-order valence-electron chi connectivity index (χ4n) is 3.26. The number of nitrogens with zero attached hydrogens (tertiary/aromatic N) is 3. The van der Waals surface area contributed by atoms with Crippen molar-refractivity contribution in [2.24, 2.45) is 5.73 Å². The molecule has 0 spiro atoms. The third-order valence-corrected chi connectivity index (χ3v) is 4.82. The highest BCUT2D eigenvalue weighted by atomic mass is 19.4. The Morgan fingerprint density at radius 1 is 1.29 bits per heavy atom. The van der Waals surface area contributed by atoms with Crippen molar-refractivity contribution < 1.29 is 27.5 Å². The number of hydrogen-bond acceptors (Lipinski definition) is 5. The van der Waals surface area contributed by atoms with Gasteiger partial charge in [-0.15, -0.1) is 0 Å². The molecule has 1 aliphatic heterocycles. The van der Waals surface area contributed by atoms with Gasteiger partial charge in [0, 0.05) is 31.3 Å². The average molecular weight is 432 g/mol. The van der Waals surface area contributed by atoms with Crippen LogP contribution < -0.4 is 5.73 Å². The monoisotopic (exact) mass is 432 g/mol. The Bertz CT molecular complexity index is 1070. The third-order valence-electron chi connectivity index (χ3n) is 4.82. The lowest BCUT2D eigenvalue weighted by Crippen LogP contribution is -2.44. The van der Waals surface area contributed by atoms with Gasteiger partial charge >= 0.3 is 12.3 Å². The van der Waals surface area contributed by atoms with Crippen molar-refractivity contribution in [2.45, 2.75) is 31.5 Å². The minimum absolute atomic E-state index is 0.0912. The summed E-state index contributed by atoms with van der Waals surface area (Å²) in [6.07, 6.45) is -5.33. The number of primary amides is 1. The van der Waals surface area contributed by atoms with E-state index in [1.54, 1.807) is 20.0 Å². The zero-order chi connectivity index (χ0) is 22.8. The van der Waals surface area contributed by atoms with Crippen LogP contribution in [0, 0.1) is 18.8 Å². The molecule has 7 nitrogen and oxygen atoms in total. The van der Waals surface area contributed by atoms with Gasteiger partial charge in [-0.05, 0) is 31.0 Å². The number of carbonyl (C=O) groups is 2. The number of aryl methyl sites for hydroxylation is 1. The van der Waals surface area contributed by atoms with Gasteiger partial charge in [-0.1, -0.05) is 18.1 Å². The van der Waals surface area contributed by atoms with Gasteiger partial charge in [-0.3, -0.25) is 4.79 Å². The first kappa shape index (κ1) is 22.1. The van der Waals surface area contributed by atoms with Gasteiger partial charge < -0.3 is 15.4 Å². The summed E-state index contributed by atoms with van der Waals surface area (Å²) < 4.78 is 43.4. The zero-order valence-corrected chi connectivity index (χ0v) is 16.8. The molecule has 1 aromatic heterocycles.